The molecular weight excluding hydrogens is 824 g/mol. The van der Waals surface area contributed by atoms with E-state index in [9.17, 15) is 19.2 Å². The molecule has 18 heteroatoms. The van der Waals surface area contributed by atoms with E-state index < -0.39 is 0 Å². The Labute approximate surface area is 337 Å². The zero-order valence-electron chi connectivity index (χ0n) is 30.4. The number of esters is 2. The van der Waals surface area contributed by atoms with Crippen LogP contribution in [-0.4, -0.2) is 104 Å². The van der Waals surface area contributed by atoms with E-state index in [0.717, 1.165) is 86.3 Å². The van der Waals surface area contributed by atoms with Crippen LogP contribution in [0, 0.1) is 11.8 Å². The first-order valence-electron chi connectivity index (χ1n) is 17.5. The van der Waals surface area contributed by atoms with Crippen molar-refractivity contribution in [2.24, 2.45) is 11.8 Å². The third kappa shape index (κ3) is 14.6. The number of unbranched alkanes of at least 4 members (excludes halogenated alkanes) is 4. The number of halogens is 2. The minimum Gasteiger partial charge on any atom is -0.469 e. The molecule has 0 radical (unpaired) electrons. The van der Waals surface area contributed by atoms with E-state index in [-0.39, 0.29) is 48.0 Å². The van der Waals surface area contributed by atoms with Crippen LogP contribution in [0.3, 0.4) is 0 Å². The second-order valence-electron chi connectivity index (χ2n) is 12.3. The molecular formula is C36H48BrClN6O8S2. The van der Waals surface area contributed by atoms with Gasteiger partial charge in [0.05, 0.1) is 35.8 Å². The predicted molar refractivity (Wildman–Crippen MR) is 213 cm³/mol. The molecule has 2 fully saturated rings. The lowest BCUT2D eigenvalue weighted by atomic mass is 10.00. The molecule has 0 unspecified atom stereocenters. The average Bonchev–Trinajstić information content (AvgIpc) is 3.96. The number of likely N-dealkylation sites (tertiary alicyclic amines) is 1. The Balaban J connectivity index is 0.000000244. The Hall–Kier alpha value is -3.61. The number of thiophene rings is 2. The molecule has 0 aromatic carbocycles. The molecule has 4 aromatic rings. The summed E-state index contributed by atoms with van der Waals surface area (Å²) in [7, 11) is 2.85. The van der Waals surface area contributed by atoms with Crippen LogP contribution in [0.5, 0.6) is 0 Å². The summed E-state index contributed by atoms with van der Waals surface area (Å²) < 4.78 is 19.6. The molecule has 54 heavy (non-hydrogen) atoms. The van der Waals surface area contributed by atoms with Crippen LogP contribution in [0.1, 0.15) is 59.5 Å². The van der Waals surface area contributed by atoms with E-state index in [4.69, 9.17) is 13.8 Å². The number of ether oxygens (including phenoxy) is 2. The number of methoxy groups -OCH3 is 2. The van der Waals surface area contributed by atoms with Gasteiger partial charge < -0.3 is 39.4 Å². The van der Waals surface area contributed by atoms with E-state index in [2.05, 4.69) is 51.8 Å². The Morgan fingerprint density at radius 2 is 1.30 bits per heavy atom. The van der Waals surface area contributed by atoms with Gasteiger partial charge >= 0.3 is 11.9 Å². The third-order valence-corrected chi connectivity index (χ3v) is 10.7. The van der Waals surface area contributed by atoms with Gasteiger partial charge in [-0.3, -0.25) is 19.2 Å². The summed E-state index contributed by atoms with van der Waals surface area (Å²) in [5, 5.41) is 21.2. The van der Waals surface area contributed by atoms with E-state index in [1.54, 1.807) is 34.8 Å². The van der Waals surface area contributed by atoms with Crippen LogP contribution in [-0.2, 0) is 19.1 Å². The van der Waals surface area contributed by atoms with Crippen molar-refractivity contribution in [3.05, 3.63) is 58.5 Å². The van der Waals surface area contributed by atoms with Crippen LogP contribution in [0.15, 0.2) is 56.2 Å². The molecule has 2 saturated heterocycles. The zero-order valence-corrected chi connectivity index (χ0v) is 34.4. The highest BCUT2D eigenvalue weighted by atomic mass is 79.9. The van der Waals surface area contributed by atoms with Crippen molar-refractivity contribution in [1.29, 1.82) is 0 Å². The molecule has 4 aromatic heterocycles. The second-order valence-corrected chi connectivity index (χ2v) is 15.0. The smallest absolute Gasteiger partial charge is 0.311 e. The van der Waals surface area contributed by atoms with Crippen LogP contribution >= 0.6 is 51.0 Å². The number of hydrogen-bond acceptors (Lipinski definition) is 14. The molecule has 0 atom stereocenters. The monoisotopic (exact) mass is 870 g/mol. The summed E-state index contributed by atoms with van der Waals surface area (Å²) in [5.74, 6) is 0.832. The topological polar surface area (TPSA) is 178 Å². The fourth-order valence-corrected chi connectivity index (χ4v) is 6.89. The molecule has 0 aliphatic carbocycles. The minimum absolute atomic E-state index is 0. The van der Waals surface area contributed by atoms with E-state index >= 15 is 0 Å². The lowest BCUT2D eigenvalue weighted by Crippen LogP contribution is -2.50. The second kappa shape index (κ2) is 24.7. The summed E-state index contributed by atoms with van der Waals surface area (Å²) >= 11 is 6.48. The van der Waals surface area contributed by atoms with Crippen molar-refractivity contribution in [2.75, 3.05) is 65.4 Å². The van der Waals surface area contributed by atoms with Crippen LogP contribution in [0.4, 0.5) is 0 Å². The first kappa shape index (κ1) is 44.8. The normalized spacial score (nSPS) is 13.8. The summed E-state index contributed by atoms with van der Waals surface area (Å²) in [6.07, 6.45) is 6.20. The lowest BCUT2D eigenvalue weighted by Gasteiger charge is -2.37. The number of carbonyl (C=O) groups is 4. The highest BCUT2D eigenvalue weighted by molar-refractivity contribution is 9.09. The van der Waals surface area contributed by atoms with Crippen molar-refractivity contribution in [3.8, 4) is 21.3 Å². The maximum atomic E-state index is 12.1. The fourth-order valence-electron chi connectivity index (χ4n) is 5.14. The number of carbonyl (C=O) groups excluding carboxylic acids is 4. The molecule has 6 heterocycles. The zero-order chi connectivity index (χ0) is 37.8. The SMILES string of the molecule is COC(=O)C1CN(CCCCCNC(=O)c2cc(-c3cccs3)on2)C1.COC(=O)C1CNC1.Cl.O=C(NCCCCCBr)c1cc(-c2cccs2)on1. The van der Waals surface area contributed by atoms with Crippen molar-refractivity contribution < 1.29 is 37.7 Å². The quantitative estimate of drug-likeness (QED) is 0.0651. The molecule has 3 N–H and O–H groups in total. The van der Waals surface area contributed by atoms with Gasteiger partial charge in [0.1, 0.15) is 0 Å². The maximum absolute atomic E-state index is 12.1. The van der Waals surface area contributed by atoms with Gasteiger partial charge in [0.25, 0.3) is 11.8 Å². The number of nitrogens with zero attached hydrogens (tertiary/aromatic N) is 3. The van der Waals surface area contributed by atoms with Gasteiger partial charge in [-0.1, -0.05) is 51.2 Å². The summed E-state index contributed by atoms with van der Waals surface area (Å²) in [5.41, 5.74) is 0.645. The van der Waals surface area contributed by atoms with Crippen molar-refractivity contribution in [1.82, 2.24) is 31.2 Å². The van der Waals surface area contributed by atoms with Gasteiger partial charge in [-0.25, -0.2) is 0 Å². The van der Waals surface area contributed by atoms with E-state index in [0.29, 0.717) is 36.0 Å². The Kier molecular flexibility index (Phi) is 20.5. The molecule has 0 saturated carbocycles. The molecule has 296 valence electrons. The highest BCUT2D eigenvalue weighted by Crippen LogP contribution is 2.26. The third-order valence-electron chi connectivity index (χ3n) is 8.35. The molecule has 2 amide bonds. The molecule has 14 nitrogen and oxygen atoms in total. The molecule has 0 spiro atoms. The summed E-state index contributed by atoms with van der Waals surface area (Å²) in [6, 6.07) is 11.1. The number of alkyl halides is 1. The van der Waals surface area contributed by atoms with Crippen molar-refractivity contribution in [3.63, 3.8) is 0 Å². The van der Waals surface area contributed by atoms with Gasteiger partial charge in [0.15, 0.2) is 22.9 Å². The Bertz CT molecular complexity index is 1680. The van der Waals surface area contributed by atoms with Gasteiger partial charge in [-0.05, 0) is 55.1 Å². The molecule has 2 aliphatic heterocycles. The van der Waals surface area contributed by atoms with Gasteiger partial charge in [-0.2, -0.15) is 0 Å². The predicted octanol–water partition coefficient (Wildman–Crippen LogP) is 5.91. The number of rotatable bonds is 17. The van der Waals surface area contributed by atoms with Crippen LogP contribution in [0.25, 0.3) is 21.3 Å². The largest absolute Gasteiger partial charge is 0.469 e. The van der Waals surface area contributed by atoms with Crippen LogP contribution < -0.4 is 16.0 Å². The number of aromatic nitrogens is 2. The molecule has 0 bridgehead atoms. The number of hydrogen-bond donors (Lipinski definition) is 3. The summed E-state index contributed by atoms with van der Waals surface area (Å²) in [4.78, 5) is 49.9. The fraction of sp³-hybridized carbons (Fsp3) is 0.500. The first-order chi connectivity index (χ1) is 25.8. The van der Waals surface area contributed by atoms with Crippen molar-refractivity contribution >= 4 is 74.8 Å². The lowest BCUT2D eigenvalue weighted by molar-refractivity contribution is -0.151. The molecule has 6 rings (SSSR count). The number of nitrogens with one attached hydrogen (secondary N) is 3. The van der Waals surface area contributed by atoms with Gasteiger partial charge in [-0.15, -0.1) is 35.1 Å². The Morgan fingerprint density at radius 3 is 1.70 bits per heavy atom. The maximum Gasteiger partial charge on any atom is 0.311 e. The van der Waals surface area contributed by atoms with E-state index in [1.807, 2.05) is 35.0 Å². The van der Waals surface area contributed by atoms with E-state index in [1.165, 1.54) is 14.2 Å². The summed E-state index contributed by atoms with van der Waals surface area (Å²) in [6.45, 7) is 5.43. The first-order valence-corrected chi connectivity index (χ1v) is 20.4. The van der Waals surface area contributed by atoms with Crippen molar-refractivity contribution in [2.45, 2.75) is 38.5 Å². The average molecular weight is 872 g/mol. The minimum atomic E-state index is -0.208. The highest BCUT2D eigenvalue weighted by Gasteiger charge is 2.32. The molecule has 2 aliphatic rings. The standard InChI is InChI=1S/C18H23N3O4S.C13H15BrN2O2S.C5H9NO2.ClH/c1-24-18(23)13-11-21(12-13)8-4-2-3-7-19-17(22)14-10-15(25-20-14)16-6-5-9-26-16;14-6-2-1-3-7-15-13(17)10-9-11(18-16-10)12-5-4-8-19-12;1-8-5(7)4-2-6-3-4;/h5-6,9-10,13H,2-4,7-8,11-12H2,1H3,(H,19,22);4-5,8-9H,1-3,6-7H2,(H,15,17);4,6H,2-3H2,1H3;1H. The van der Waals surface area contributed by atoms with Gasteiger partial charge in [0.2, 0.25) is 0 Å². The van der Waals surface area contributed by atoms with Crippen LogP contribution in [0.2, 0.25) is 0 Å². The number of amides is 2. The Morgan fingerprint density at radius 1 is 0.796 bits per heavy atom. The van der Waals surface area contributed by atoms with Gasteiger partial charge in [0, 0.05) is 56.7 Å².